The summed E-state index contributed by atoms with van der Waals surface area (Å²) in [5, 5.41) is 30.3. The zero-order chi connectivity index (χ0) is 14.2. The minimum absolute atomic E-state index is 0.373. The monoisotopic (exact) mass is 286 g/mol. The van der Waals surface area contributed by atoms with Gasteiger partial charge >= 0.3 is 0 Å². The van der Waals surface area contributed by atoms with Gasteiger partial charge in [-0.05, 0) is 6.08 Å². The van der Waals surface area contributed by atoms with Crippen molar-refractivity contribution in [3.05, 3.63) is 24.7 Å². The van der Waals surface area contributed by atoms with Crippen molar-refractivity contribution in [3.8, 4) is 6.07 Å². The lowest BCUT2D eigenvalue weighted by molar-refractivity contribution is -0.101. The van der Waals surface area contributed by atoms with Crippen molar-refractivity contribution in [2.24, 2.45) is 5.73 Å². The molecule has 0 radical (unpaired) electrons. The van der Waals surface area contributed by atoms with Crippen molar-refractivity contribution in [1.29, 1.82) is 5.26 Å². The number of nitrogens with two attached hydrogens (primary N) is 1. The molecule has 0 spiro atoms. The number of hydrogen-bond acceptors (Lipinski definition) is 7. The molecule has 2 heterocycles. The van der Waals surface area contributed by atoms with Gasteiger partial charge in [0.1, 0.15) is 23.4 Å². The normalized spacial score (nSPS) is 42.1. The van der Waals surface area contributed by atoms with E-state index in [-0.39, 0.29) is 6.17 Å². The molecule has 2 aliphatic rings. The van der Waals surface area contributed by atoms with Gasteiger partial charge in [-0.1, -0.05) is 6.58 Å². The number of aliphatic hydroxyl groups excluding tert-OH is 2. The van der Waals surface area contributed by atoms with Gasteiger partial charge in [-0.3, -0.25) is 0 Å². The first-order valence-corrected chi connectivity index (χ1v) is 6.08. The number of nitrogens with zero attached hydrogens (tertiary/aromatic N) is 2. The topological polar surface area (TPSA) is 115 Å². The van der Waals surface area contributed by atoms with Crippen molar-refractivity contribution in [2.45, 2.75) is 29.5 Å². The number of alkyl halides is 1. The van der Waals surface area contributed by atoms with Crippen molar-refractivity contribution in [1.82, 2.24) is 10.2 Å². The van der Waals surface area contributed by atoms with Gasteiger partial charge in [-0.25, -0.2) is 0 Å². The summed E-state index contributed by atoms with van der Waals surface area (Å²) in [5.41, 5.74) is 3.92. The predicted octanol–water partition coefficient (Wildman–Crippen LogP) is -1.26. The van der Waals surface area contributed by atoms with E-state index in [9.17, 15) is 10.2 Å². The molecule has 0 aromatic rings. The summed E-state index contributed by atoms with van der Waals surface area (Å²) < 4.78 is 5.46. The fraction of sp³-hybridized carbons (Fsp3) is 0.545. The molecule has 8 heteroatoms. The summed E-state index contributed by atoms with van der Waals surface area (Å²) in [6.45, 7) is 3.12. The van der Waals surface area contributed by atoms with Gasteiger partial charge in [0.2, 0.25) is 5.60 Å². The van der Waals surface area contributed by atoms with Gasteiger partial charge < -0.3 is 30.9 Å². The van der Waals surface area contributed by atoms with Gasteiger partial charge in [0.25, 0.3) is 0 Å². The van der Waals surface area contributed by atoms with E-state index in [0.29, 0.717) is 5.82 Å². The molecule has 5 atom stereocenters. The van der Waals surface area contributed by atoms with Crippen LogP contribution in [0.4, 0.5) is 0 Å². The molecule has 5 N–H and O–H groups in total. The average molecular weight is 287 g/mol. The minimum Gasteiger partial charge on any atom is -0.392 e. The molecule has 0 aliphatic carbocycles. The molecule has 0 amide bonds. The number of aliphatic hydroxyl groups is 2. The fourth-order valence-corrected chi connectivity index (χ4v) is 2.44. The summed E-state index contributed by atoms with van der Waals surface area (Å²) in [6, 6.07) is 1.77. The summed E-state index contributed by atoms with van der Waals surface area (Å²) in [7, 11) is 0. The van der Waals surface area contributed by atoms with Crippen molar-refractivity contribution in [2.75, 3.05) is 6.61 Å². The maximum Gasteiger partial charge on any atom is 0.206 e. The molecule has 2 aliphatic heterocycles. The number of ether oxygens (including phenoxy) is 1. The van der Waals surface area contributed by atoms with Crippen molar-refractivity contribution >= 4 is 11.6 Å². The molecule has 7 nitrogen and oxygen atoms in total. The molecule has 1 fully saturated rings. The third kappa shape index (κ3) is 2.18. The maximum absolute atomic E-state index is 9.98. The molecule has 0 saturated carbocycles. The summed E-state index contributed by atoms with van der Waals surface area (Å²) in [6.07, 6.45) is 0.751. The van der Waals surface area contributed by atoms with Crippen LogP contribution in [0.15, 0.2) is 24.7 Å². The molecule has 0 aromatic carbocycles. The molecular formula is C11H15ClN4O3. The quantitative estimate of drug-likeness (QED) is 0.468. The Morgan fingerprint density at radius 1 is 1.74 bits per heavy atom. The fourth-order valence-electron chi connectivity index (χ4n) is 2.06. The van der Waals surface area contributed by atoms with E-state index in [4.69, 9.17) is 27.3 Å². The molecule has 0 bridgehead atoms. The summed E-state index contributed by atoms with van der Waals surface area (Å²) >= 11 is 6.09. The molecule has 1 saturated heterocycles. The zero-order valence-corrected chi connectivity index (χ0v) is 10.8. The molecule has 1 unspecified atom stereocenters. The second-order valence-corrected chi connectivity index (χ2v) is 4.93. The first kappa shape index (κ1) is 14.1. The van der Waals surface area contributed by atoms with Crippen LogP contribution in [-0.2, 0) is 4.74 Å². The highest BCUT2D eigenvalue weighted by molar-refractivity contribution is 6.21. The first-order valence-electron chi connectivity index (χ1n) is 5.65. The van der Waals surface area contributed by atoms with Gasteiger partial charge in [-0.2, -0.15) is 5.26 Å². The van der Waals surface area contributed by atoms with Crippen LogP contribution in [0.3, 0.4) is 0 Å². The lowest BCUT2D eigenvalue weighted by atomic mass is 9.99. The van der Waals surface area contributed by atoms with Crippen LogP contribution in [0.5, 0.6) is 0 Å². The Morgan fingerprint density at radius 3 is 2.89 bits per heavy atom. The average Bonchev–Trinajstić information content (AvgIpc) is 2.64. The van der Waals surface area contributed by atoms with E-state index in [1.54, 1.807) is 18.3 Å². The molecule has 19 heavy (non-hydrogen) atoms. The molecule has 2 rings (SSSR count). The Hall–Kier alpha value is -1.30. The highest BCUT2D eigenvalue weighted by Crippen LogP contribution is 2.37. The second-order valence-electron chi connectivity index (χ2n) is 4.42. The Balaban J connectivity index is 2.26. The lowest BCUT2D eigenvalue weighted by Gasteiger charge is -2.35. The van der Waals surface area contributed by atoms with Gasteiger partial charge in [0.05, 0.1) is 12.8 Å². The van der Waals surface area contributed by atoms with E-state index in [1.807, 2.05) is 0 Å². The number of nitriles is 1. The predicted molar refractivity (Wildman–Crippen MR) is 67.2 cm³/mol. The molecule has 0 aromatic heterocycles. The first-order chi connectivity index (χ1) is 8.95. The third-order valence-electron chi connectivity index (χ3n) is 3.18. The molecule has 104 valence electrons. The van der Waals surface area contributed by atoms with Crippen LogP contribution < -0.4 is 11.1 Å². The number of hydrogen-bond donors (Lipinski definition) is 4. The lowest BCUT2D eigenvalue weighted by Crippen LogP contribution is -2.48. The summed E-state index contributed by atoms with van der Waals surface area (Å²) in [5.74, 6) is 0.435. The number of halogens is 1. The largest absolute Gasteiger partial charge is 0.392 e. The maximum atomic E-state index is 9.98. The van der Waals surface area contributed by atoms with Crippen LogP contribution >= 0.6 is 11.6 Å². The molecular weight excluding hydrogens is 272 g/mol. The number of nitrogens with one attached hydrogen (secondary N) is 1. The van der Waals surface area contributed by atoms with Gasteiger partial charge in [-0.15, -0.1) is 11.6 Å². The summed E-state index contributed by atoms with van der Waals surface area (Å²) in [4.78, 5) is 1.53. The Kier molecular flexibility index (Phi) is 3.71. The van der Waals surface area contributed by atoms with E-state index in [0.717, 1.165) is 0 Å². The van der Waals surface area contributed by atoms with E-state index < -0.39 is 29.9 Å². The smallest absolute Gasteiger partial charge is 0.206 e. The third-order valence-corrected chi connectivity index (χ3v) is 3.63. The van der Waals surface area contributed by atoms with Crippen molar-refractivity contribution in [3.63, 3.8) is 0 Å². The Morgan fingerprint density at radius 2 is 2.42 bits per heavy atom. The van der Waals surface area contributed by atoms with Crippen LogP contribution in [0, 0.1) is 11.3 Å². The number of rotatable bonds is 2. The standard InChI is InChI=1S/C11H15ClN4O3/c1-6-15-7(14)2-3-16(6)10-8(12)9(18)11(4-13,5-17)19-10/h2-3,7-10,15,17-18H,1,5,14H2/t7?,8-,9+,10-,11-/m1/s1. The van der Waals surface area contributed by atoms with E-state index >= 15 is 0 Å². The van der Waals surface area contributed by atoms with Crippen molar-refractivity contribution < 1.29 is 14.9 Å². The highest BCUT2D eigenvalue weighted by atomic mass is 35.5. The van der Waals surface area contributed by atoms with Crippen LogP contribution in [0.2, 0.25) is 0 Å². The second kappa shape index (κ2) is 5.00. The Bertz CT molecular complexity index is 452. The van der Waals surface area contributed by atoms with E-state index in [1.165, 1.54) is 4.90 Å². The van der Waals surface area contributed by atoms with Crippen LogP contribution in [-0.4, -0.2) is 51.2 Å². The van der Waals surface area contributed by atoms with E-state index in [2.05, 4.69) is 11.9 Å². The minimum atomic E-state index is -1.73. The van der Waals surface area contributed by atoms with Gasteiger partial charge in [0, 0.05) is 6.20 Å². The Labute approximate surface area is 115 Å². The highest BCUT2D eigenvalue weighted by Gasteiger charge is 2.56. The van der Waals surface area contributed by atoms with Gasteiger partial charge in [0.15, 0.2) is 6.23 Å². The zero-order valence-electron chi connectivity index (χ0n) is 10.0. The van der Waals surface area contributed by atoms with Crippen LogP contribution in [0.25, 0.3) is 0 Å². The van der Waals surface area contributed by atoms with Crippen LogP contribution in [0.1, 0.15) is 0 Å². The SMILES string of the molecule is C=C1NC(N)C=CN1[C@@H]1O[C@](C#N)(CO)[C@@H](O)[C@H]1Cl.